The SMILES string of the molecule is C[C@@H]1CC1Oc1cc(B2OC(C)(C)C(C)(CCCC3(C)OB(B4OC(C)(C)C(C)(C)O4)OC3(C)C)O2)ccc1Cl. The second-order valence-corrected chi connectivity index (χ2v) is 15.1. The van der Waals surface area contributed by atoms with E-state index in [1.54, 1.807) is 0 Å². The van der Waals surface area contributed by atoms with Crippen molar-refractivity contribution in [3.8, 4) is 5.75 Å². The molecular formula is C29H46B3ClO7. The van der Waals surface area contributed by atoms with Gasteiger partial charge in [-0.2, -0.15) is 0 Å². The maximum Gasteiger partial charge on any atom is 0.494 e. The van der Waals surface area contributed by atoms with Crippen LogP contribution in [0.2, 0.25) is 5.02 Å². The predicted molar refractivity (Wildman–Crippen MR) is 160 cm³/mol. The summed E-state index contributed by atoms with van der Waals surface area (Å²) in [5.74, 6) is 1.26. The first-order valence-electron chi connectivity index (χ1n) is 14.8. The molecule has 0 amide bonds. The lowest BCUT2D eigenvalue weighted by Crippen LogP contribution is -2.47. The van der Waals surface area contributed by atoms with Gasteiger partial charge < -0.3 is 32.7 Å². The molecule has 0 spiro atoms. The third kappa shape index (κ3) is 5.40. The highest BCUT2D eigenvalue weighted by Gasteiger charge is 2.65. The molecule has 5 rings (SSSR count). The Morgan fingerprint density at radius 1 is 0.750 bits per heavy atom. The predicted octanol–water partition coefficient (Wildman–Crippen LogP) is 5.82. The van der Waals surface area contributed by atoms with Crippen molar-refractivity contribution in [3.05, 3.63) is 23.2 Å². The standard InChI is InChI=1S/C29H46B3ClO7/c1-19-17-22(19)34-23-18-20(13-14-21(23)33)30-35-26(6,7)28(10,39-30)15-12-16-29(11)27(8,9)38-32(40-29)31-36-24(2,3)25(4,5)37-31/h13-14,18-19,22H,12,15-17H2,1-11H3/t19-,22?,28?,29?/m1/s1. The van der Waals surface area contributed by atoms with Crippen LogP contribution in [-0.4, -0.2) is 60.8 Å². The first kappa shape index (κ1) is 30.7. The first-order valence-corrected chi connectivity index (χ1v) is 15.2. The largest absolute Gasteiger partial charge is 0.494 e. The van der Waals surface area contributed by atoms with Gasteiger partial charge in [-0.3, -0.25) is 0 Å². The average Bonchev–Trinajstić information content (AvgIpc) is 3.28. The van der Waals surface area contributed by atoms with E-state index in [1.165, 1.54) is 0 Å². The molecule has 7 nitrogen and oxygen atoms in total. The average molecular weight is 575 g/mol. The van der Waals surface area contributed by atoms with E-state index in [0.717, 1.165) is 31.1 Å². The van der Waals surface area contributed by atoms with Crippen molar-refractivity contribution in [2.45, 2.75) is 142 Å². The van der Waals surface area contributed by atoms with Gasteiger partial charge in [-0.1, -0.05) is 24.6 Å². The molecule has 220 valence electrons. The van der Waals surface area contributed by atoms with Crippen LogP contribution in [0.25, 0.3) is 0 Å². The van der Waals surface area contributed by atoms with Crippen LogP contribution in [0.3, 0.4) is 0 Å². The summed E-state index contributed by atoms with van der Waals surface area (Å²) < 4.78 is 44.7. The molecule has 3 heterocycles. The molecule has 4 aliphatic rings. The van der Waals surface area contributed by atoms with Crippen LogP contribution in [-0.2, 0) is 27.9 Å². The number of halogens is 1. The van der Waals surface area contributed by atoms with Crippen LogP contribution >= 0.6 is 11.6 Å². The van der Waals surface area contributed by atoms with Crippen molar-refractivity contribution in [2.75, 3.05) is 0 Å². The summed E-state index contributed by atoms with van der Waals surface area (Å²) in [5.41, 5.74) is -2.04. The zero-order valence-electron chi connectivity index (χ0n) is 26.2. The molecule has 1 aromatic rings. The highest BCUT2D eigenvalue weighted by atomic mass is 35.5. The second-order valence-electron chi connectivity index (χ2n) is 14.7. The number of rotatable bonds is 8. The van der Waals surface area contributed by atoms with Crippen LogP contribution < -0.4 is 10.2 Å². The minimum atomic E-state index is -0.594. The summed E-state index contributed by atoms with van der Waals surface area (Å²) in [4.78, 5) is 0. The Morgan fingerprint density at radius 3 is 1.82 bits per heavy atom. The molecule has 0 aromatic heterocycles. The van der Waals surface area contributed by atoms with E-state index in [2.05, 4.69) is 48.5 Å². The van der Waals surface area contributed by atoms with E-state index < -0.39 is 54.7 Å². The molecular weight excluding hydrogens is 528 g/mol. The number of hydrogen-bond acceptors (Lipinski definition) is 7. The number of ether oxygens (including phenoxy) is 1. The zero-order valence-corrected chi connectivity index (χ0v) is 26.9. The fourth-order valence-corrected chi connectivity index (χ4v) is 5.90. The molecule has 0 N–H and O–H groups in total. The maximum absolute atomic E-state index is 6.65. The monoisotopic (exact) mass is 574 g/mol. The second kappa shape index (κ2) is 9.90. The Labute approximate surface area is 247 Å². The summed E-state index contributed by atoms with van der Waals surface area (Å²) in [6, 6.07) is 5.79. The van der Waals surface area contributed by atoms with Crippen molar-refractivity contribution in [2.24, 2.45) is 5.92 Å². The van der Waals surface area contributed by atoms with Gasteiger partial charge in [0.1, 0.15) is 11.9 Å². The molecule has 4 atom stereocenters. The Morgan fingerprint density at radius 2 is 1.25 bits per heavy atom. The highest BCUT2D eigenvalue weighted by molar-refractivity contribution is 7.11. The smallest absolute Gasteiger partial charge is 0.489 e. The van der Waals surface area contributed by atoms with Gasteiger partial charge in [0.25, 0.3) is 0 Å². The number of benzene rings is 1. The molecule has 3 aliphatic heterocycles. The van der Waals surface area contributed by atoms with Crippen molar-refractivity contribution in [3.63, 3.8) is 0 Å². The Kier molecular flexibility index (Phi) is 7.60. The van der Waals surface area contributed by atoms with E-state index in [4.69, 9.17) is 44.3 Å². The van der Waals surface area contributed by atoms with Gasteiger partial charge in [0.2, 0.25) is 0 Å². The Balaban J connectivity index is 1.22. The van der Waals surface area contributed by atoms with Crippen molar-refractivity contribution in [1.29, 1.82) is 0 Å². The summed E-state index contributed by atoms with van der Waals surface area (Å²) in [6.45, 7) is 23.0. The lowest BCUT2D eigenvalue weighted by Gasteiger charge is -2.40. The molecule has 1 saturated carbocycles. The minimum Gasteiger partial charge on any atom is -0.489 e. The summed E-state index contributed by atoms with van der Waals surface area (Å²) >= 11 is 6.44. The Bertz CT molecular complexity index is 1110. The van der Waals surface area contributed by atoms with Crippen LogP contribution in [0.5, 0.6) is 5.75 Å². The zero-order chi connectivity index (χ0) is 29.5. The molecule has 3 unspecified atom stereocenters. The molecule has 40 heavy (non-hydrogen) atoms. The Hall–Kier alpha value is -0.735. The van der Waals surface area contributed by atoms with Crippen LogP contribution in [0, 0.1) is 5.92 Å². The van der Waals surface area contributed by atoms with E-state index in [9.17, 15) is 0 Å². The molecule has 3 saturated heterocycles. The fourth-order valence-electron chi connectivity index (χ4n) is 5.73. The quantitative estimate of drug-likeness (QED) is 0.363. The van der Waals surface area contributed by atoms with Gasteiger partial charge in [0.05, 0.1) is 38.6 Å². The highest BCUT2D eigenvalue weighted by Crippen LogP contribution is 2.47. The van der Waals surface area contributed by atoms with Gasteiger partial charge in [-0.05, 0) is 118 Å². The molecule has 0 radical (unpaired) electrons. The van der Waals surface area contributed by atoms with E-state index in [0.29, 0.717) is 16.7 Å². The molecule has 4 fully saturated rings. The van der Waals surface area contributed by atoms with Gasteiger partial charge in [-0.25, -0.2) is 0 Å². The maximum atomic E-state index is 6.65. The van der Waals surface area contributed by atoms with Gasteiger partial charge >= 0.3 is 21.1 Å². The first-order chi connectivity index (χ1) is 18.3. The molecule has 0 bridgehead atoms. The lowest BCUT2D eigenvalue weighted by atomic mass is 9.49. The summed E-state index contributed by atoms with van der Waals surface area (Å²) in [6.07, 6.45) is 3.74. The van der Waals surface area contributed by atoms with Crippen LogP contribution in [0.15, 0.2) is 18.2 Å². The van der Waals surface area contributed by atoms with Gasteiger partial charge in [0.15, 0.2) is 0 Å². The van der Waals surface area contributed by atoms with Gasteiger partial charge in [-0.15, -0.1) is 0 Å². The van der Waals surface area contributed by atoms with E-state index >= 15 is 0 Å². The topological polar surface area (TPSA) is 64.6 Å². The number of hydrogen-bond donors (Lipinski definition) is 0. The van der Waals surface area contributed by atoms with Crippen LogP contribution in [0.4, 0.5) is 0 Å². The fraction of sp³-hybridized carbons (Fsp3) is 0.793. The van der Waals surface area contributed by atoms with E-state index in [1.807, 2.05) is 45.9 Å². The van der Waals surface area contributed by atoms with Crippen molar-refractivity contribution in [1.82, 2.24) is 0 Å². The lowest BCUT2D eigenvalue weighted by molar-refractivity contribution is -0.0377. The molecule has 11 heteroatoms. The normalized spacial score (nSPS) is 35.5. The molecule has 1 aromatic carbocycles. The third-order valence-corrected chi connectivity index (χ3v) is 10.8. The van der Waals surface area contributed by atoms with Crippen molar-refractivity contribution >= 4 is 38.2 Å². The van der Waals surface area contributed by atoms with E-state index in [-0.39, 0.29) is 6.10 Å². The minimum absolute atomic E-state index is 0.233. The van der Waals surface area contributed by atoms with Crippen LogP contribution in [0.1, 0.15) is 102 Å². The summed E-state index contributed by atoms with van der Waals surface area (Å²) in [5, 5.41) is 0.608. The molecule has 1 aliphatic carbocycles. The third-order valence-electron chi connectivity index (χ3n) is 10.4. The van der Waals surface area contributed by atoms with Gasteiger partial charge in [0, 0.05) is 0 Å². The van der Waals surface area contributed by atoms with Crippen molar-refractivity contribution < 1.29 is 32.7 Å². The summed E-state index contributed by atoms with van der Waals surface area (Å²) in [7, 11) is -1.67.